The highest BCUT2D eigenvalue weighted by molar-refractivity contribution is 9.10. The number of hydrogen-bond donors (Lipinski definition) is 1. The molecule has 2 aromatic heterocycles. The highest BCUT2D eigenvalue weighted by Crippen LogP contribution is 2.26. The van der Waals surface area contributed by atoms with E-state index in [0.717, 1.165) is 54.0 Å². The van der Waals surface area contributed by atoms with E-state index in [9.17, 15) is 0 Å². The molecule has 0 amide bonds. The second-order valence-electron chi connectivity index (χ2n) is 4.93. The molecule has 2 aromatic rings. The van der Waals surface area contributed by atoms with Gasteiger partial charge in [0.05, 0.1) is 5.69 Å². The number of fused-ring (bicyclic) bond motifs is 1. The van der Waals surface area contributed by atoms with Crippen molar-refractivity contribution in [3.05, 3.63) is 39.8 Å². The van der Waals surface area contributed by atoms with Crippen molar-refractivity contribution in [3.63, 3.8) is 0 Å². The number of nitrogens with zero attached hydrogens (tertiary/aromatic N) is 3. The second kappa shape index (κ2) is 5.97. The van der Waals surface area contributed by atoms with E-state index in [-0.39, 0.29) is 0 Å². The lowest BCUT2D eigenvalue weighted by Gasteiger charge is -2.20. The molecule has 0 atom stereocenters. The highest BCUT2D eigenvalue weighted by atomic mass is 79.9. The molecule has 0 spiro atoms. The Morgan fingerprint density at radius 3 is 3.05 bits per heavy atom. The van der Waals surface area contributed by atoms with E-state index < -0.39 is 0 Å². The molecular formula is C15H17BrN4. The van der Waals surface area contributed by atoms with Gasteiger partial charge in [0, 0.05) is 41.4 Å². The van der Waals surface area contributed by atoms with Gasteiger partial charge in [-0.1, -0.05) is 13.3 Å². The van der Waals surface area contributed by atoms with Crippen LogP contribution in [0.25, 0.3) is 11.5 Å². The molecule has 1 aliphatic rings. The van der Waals surface area contributed by atoms with Gasteiger partial charge in [-0.05, 0) is 34.5 Å². The van der Waals surface area contributed by atoms with E-state index in [4.69, 9.17) is 9.97 Å². The van der Waals surface area contributed by atoms with Crippen molar-refractivity contribution in [3.8, 4) is 11.5 Å². The molecule has 3 heterocycles. The monoisotopic (exact) mass is 332 g/mol. The zero-order valence-electron chi connectivity index (χ0n) is 11.5. The predicted octanol–water partition coefficient (Wildman–Crippen LogP) is 2.90. The molecule has 5 heteroatoms. The minimum Gasteiger partial charge on any atom is -0.312 e. The van der Waals surface area contributed by atoms with Crippen LogP contribution < -0.4 is 5.32 Å². The Bertz CT molecular complexity index is 627. The van der Waals surface area contributed by atoms with Crippen LogP contribution in [0.5, 0.6) is 0 Å². The molecule has 0 unspecified atom stereocenters. The van der Waals surface area contributed by atoms with Crippen molar-refractivity contribution in [2.75, 3.05) is 6.54 Å². The minimum absolute atomic E-state index is 0.738. The smallest absolute Gasteiger partial charge is 0.179 e. The molecule has 0 radical (unpaired) electrons. The molecule has 1 N–H and O–H groups in total. The van der Waals surface area contributed by atoms with Crippen molar-refractivity contribution in [2.45, 2.75) is 32.7 Å². The maximum atomic E-state index is 4.76. The number of pyridine rings is 1. The topological polar surface area (TPSA) is 50.7 Å². The van der Waals surface area contributed by atoms with Gasteiger partial charge in [0.2, 0.25) is 0 Å². The van der Waals surface area contributed by atoms with Crippen molar-refractivity contribution in [1.82, 2.24) is 20.3 Å². The van der Waals surface area contributed by atoms with Gasteiger partial charge >= 0.3 is 0 Å². The van der Waals surface area contributed by atoms with Gasteiger partial charge in [0.25, 0.3) is 0 Å². The van der Waals surface area contributed by atoms with Crippen LogP contribution in [0.2, 0.25) is 0 Å². The molecular weight excluding hydrogens is 316 g/mol. The third-order valence-corrected chi connectivity index (χ3v) is 4.12. The van der Waals surface area contributed by atoms with Gasteiger partial charge < -0.3 is 5.32 Å². The predicted molar refractivity (Wildman–Crippen MR) is 82.4 cm³/mol. The fraction of sp³-hybridized carbons (Fsp3) is 0.400. The minimum atomic E-state index is 0.738. The average Bonchev–Trinajstić information content (AvgIpc) is 2.48. The lowest BCUT2D eigenvalue weighted by molar-refractivity contribution is 0.615. The molecule has 0 aliphatic carbocycles. The van der Waals surface area contributed by atoms with E-state index in [2.05, 4.69) is 33.2 Å². The van der Waals surface area contributed by atoms with Crippen molar-refractivity contribution in [1.29, 1.82) is 0 Å². The zero-order valence-corrected chi connectivity index (χ0v) is 13.1. The molecule has 3 rings (SSSR count). The number of halogens is 1. The van der Waals surface area contributed by atoms with Crippen LogP contribution in [0.15, 0.2) is 22.8 Å². The van der Waals surface area contributed by atoms with Crippen molar-refractivity contribution in [2.24, 2.45) is 0 Å². The first-order chi connectivity index (χ1) is 9.79. The molecule has 0 bridgehead atoms. The summed E-state index contributed by atoms with van der Waals surface area (Å²) in [5.41, 5.74) is 4.45. The summed E-state index contributed by atoms with van der Waals surface area (Å²) >= 11 is 3.54. The van der Waals surface area contributed by atoms with Gasteiger partial charge in [0.15, 0.2) is 5.82 Å². The van der Waals surface area contributed by atoms with Crippen LogP contribution in [0.1, 0.15) is 30.3 Å². The van der Waals surface area contributed by atoms with E-state index >= 15 is 0 Å². The summed E-state index contributed by atoms with van der Waals surface area (Å²) in [5, 5.41) is 3.41. The van der Waals surface area contributed by atoms with Gasteiger partial charge in [-0.3, -0.25) is 4.98 Å². The Hall–Kier alpha value is -1.33. The number of nitrogens with one attached hydrogen (secondary N) is 1. The second-order valence-corrected chi connectivity index (χ2v) is 5.78. The molecule has 20 heavy (non-hydrogen) atoms. The van der Waals surface area contributed by atoms with Crippen LogP contribution in [0, 0.1) is 0 Å². The summed E-state index contributed by atoms with van der Waals surface area (Å²) < 4.78 is 0.941. The summed E-state index contributed by atoms with van der Waals surface area (Å²) in [5.74, 6) is 0.738. The zero-order chi connectivity index (χ0) is 13.9. The maximum absolute atomic E-state index is 4.76. The summed E-state index contributed by atoms with van der Waals surface area (Å²) in [4.78, 5) is 13.9. The maximum Gasteiger partial charge on any atom is 0.179 e. The van der Waals surface area contributed by atoms with Gasteiger partial charge in [-0.25, -0.2) is 9.97 Å². The van der Waals surface area contributed by atoms with E-state index in [0.29, 0.717) is 0 Å². The van der Waals surface area contributed by atoms with E-state index in [1.165, 1.54) is 11.3 Å². The summed E-state index contributed by atoms with van der Waals surface area (Å²) in [6.45, 7) is 4.05. The SMILES string of the molecule is CCCc1nc(-c2ncccc2Br)nc2c1CNCC2. The Kier molecular flexibility index (Phi) is 4.08. The van der Waals surface area contributed by atoms with Crippen molar-refractivity contribution < 1.29 is 0 Å². The Balaban J connectivity index is 2.13. The quantitative estimate of drug-likeness (QED) is 0.938. The standard InChI is InChI=1S/C15H17BrN4/c1-2-4-12-10-9-17-8-6-13(10)20-15(19-12)14-11(16)5-3-7-18-14/h3,5,7,17H,2,4,6,8-9H2,1H3. The van der Waals surface area contributed by atoms with E-state index in [1.807, 2.05) is 12.1 Å². The average molecular weight is 333 g/mol. The lowest BCUT2D eigenvalue weighted by atomic mass is 10.0. The van der Waals surface area contributed by atoms with Crippen LogP contribution in [-0.2, 0) is 19.4 Å². The van der Waals surface area contributed by atoms with Crippen molar-refractivity contribution >= 4 is 15.9 Å². The highest BCUT2D eigenvalue weighted by Gasteiger charge is 2.18. The molecule has 0 saturated carbocycles. The van der Waals surface area contributed by atoms with Gasteiger partial charge in [-0.2, -0.15) is 0 Å². The Morgan fingerprint density at radius 2 is 2.25 bits per heavy atom. The summed E-state index contributed by atoms with van der Waals surface area (Å²) in [6, 6.07) is 3.88. The Morgan fingerprint density at radius 1 is 1.35 bits per heavy atom. The van der Waals surface area contributed by atoms with Crippen LogP contribution in [0.4, 0.5) is 0 Å². The first kappa shape index (κ1) is 13.6. The number of hydrogen-bond acceptors (Lipinski definition) is 4. The van der Waals surface area contributed by atoms with Gasteiger partial charge in [-0.15, -0.1) is 0 Å². The fourth-order valence-corrected chi connectivity index (χ4v) is 2.95. The number of aromatic nitrogens is 3. The van der Waals surface area contributed by atoms with Gasteiger partial charge in [0.1, 0.15) is 5.69 Å². The first-order valence-corrected chi connectivity index (χ1v) is 7.79. The molecule has 0 fully saturated rings. The third-order valence-electron chi connectivity index (χ3n) is 3.48. The van der Waals surface area contributed by atoms with E-state index in [1.54, 1.807) is 6.20 Å². The third kappa shape index (κ3) is 2.60. The van der Waals surface area contributed by atoms with Crippen LogP contribution in [0.3, 0.4) is 0 Å². The lowest BCUT2D eigenvalue weighted by Crippen LogP contribution is -2.27. The van der Waals surface area contributed by atoms with Crippen LogP contribution in [-0.4, -0.2) is 21.5 Å². The molecule has 4 nitrogen and oxygen atoms in total. The molecule has 0 aromatic carbocycles. The largest absolute Gasteiger partial charge is 0.312 e. The molecule has 104 valence electrons. The number of aryl methyl sites for hydroxylation is 1. The van der Waals surface area contributed by atoms with Crippen LogP contribution >= 0.6 is 15.9 Å². The summed E-state index contributed by atoms with van der Waals surface area (Å²) in [7, 11) is 0. The fourth-order valence-electron chi connectivity index (χ4n) is 2.51. The molecule has 0 saturated heterocycles. The first-order valence-electron chi connectivity index (χ1n) is 7.00. The normalized spacial score (nSPS) is 14.1. The number of rotatable bonds is 3. The summed E-state index contributed by atoms with van der Waals surface area (Å²) in [6.07, 6.45) is 4.83. The Labute approximate surface area is 127 Å². The molecule has 1 aliphatic heterocycles.